The summed E-state index contributed by atoms with van der Waals surface area (Å²) >= 11 is 0. The van der Waals surface area contributed by atoms with Gasteiger partial charge in [-0.2, -0.15) is 5.26 Å². The highest BCUT2D eigenvalue weighted by Gasteiger charge is 2.50. The van der Waals surface area contributed by atoms with Crippen molar-refractivity contribution in [1.29, 1.82) is 5.26 Å². The number of hydrogen-bond donors (Lipinski definition) is 2. The molecule has 23 heavy (non-hydrogen) atoms. The summed E-state index contributed by atoms with van der Waals surface area (Å²) < 4.78 is 0. The van der Waals surface area contributed by atoms with E-state index in [0.717, 1.165) is 29.2 Å². The fraction of sp³-hybridized carbons (Fsp3) is 0.650. The second-order valence-corrected chi connectivity index (χ2v) is 7.93. The molecule has 122 valence electrons. The van der Waals surface area contributed by atoms with Crippen LogP contribution in [0.3, 0.4) is 0 Å². The van der Waals surface area contributed by atoms with Crippen LogP contribution < -0.4 is 5.32 Å². The van der Waals surface area contributed by atoms with Crippen LogP contribution in [-0.4, -0.2) is 17.8 Å². The van der Waals surface area contributed by atoms with Gasteiger partial charge in [0.1, 0.15) is 0 Å². The average molecular weight is 310 g/mol. The van der Waals surface area contributed by atoms with Crippen LogP contribution in [-0.2, 0) is 0 Å². The molecule has 2 N–H and O–H groups in total. The topological polar surface area (TPSA) is 56.0 Å². The third-order valence-corrected chi connectivity index (χ3v) is 6.59. The van der Waals surface area contributed by atoms with E-state index in [1.807, 2.05) is 30.3 Å². The first-order valence-corrected chi connectivity index (χ1v) is 9.10. The van der Waals surface area contributed by atoms with Crippen molar-refractivity contribution >= 4 is 0 Å². The van der Waals surface area contributed by atoms with Gasteiger partial charge in [0.2, 0.25) is 0 Å². The Labute approximate surface area is 138 Å². The molecule has 4 fully saturated rings. The first-order valence-electron chi connectivity index (χ1n) is 9.10. The molecule has 0 saturated heterocycles. The molecular formula is C20H26N2O. The van der Waals surface area contributed by atoms with E-state index in [1.165, 1.54) is 32.1 Å². The lowest BCUT2D eigenvalue weighted by Gasteiger charge is -2.55. The summed E-state index contributed by atoms with van der Waals surface area (Å²) in [6.07, 6.45) is 6.74. The van der Waals surface area contributed by atoms with E-state index < -0.39 is 0 Å². The van der Waals surface area contributed by atoms with Gasteiger partial charge >= 0.3 is 0 Å². The van der Waals surface area contributed by atoms with Crippen LogP contribution in [0.25, 0.3) is 0 Å². The molecule has 0 aliphatic heterocycles. The third-order valence-electron chi connectivity index (χ3n) is 6.59. The van der Waals surface area contributed by atoms with Crippen molar-refractivity contribution < 1.29 is 5.11 Å². The van der Waals surface area contributed by atoms with Crippen LogP contribution in [0.5, 0.6) is 0 Å². The molecule has 3 heteroatoms. The van der Waals surface area contributed by atoms with Crippen LogP contribution in [0, 0.1) is 40.9 Å². The minimum absolute atomic E-state index is 0.0372. The zero-order chi connectivity index (χ0) is 15.8. The van der Waals surface area contributed by atoms with Crippen molar-refractivity contribution in [3.05, 3.63) is 35.9 Å². The molecule has 1 aromatic rings. The molecule has 1 aromatic carbocycles. The lowest BCUT2D eigenvalue weighted by atomic mass is 9.50. The molecule has 0 heterocycles. The Hall–Kier alpha value is -1.37. The molecule has 4 saturated carbocycles. The number of hydrogen-bond acceptors (Lipinski definition) is 3. The fourth-order valence-corrected chi connectivity index (χ4v) is 5.90. The van der Waals surface area contributed by atoms with Crippen LogP contribution in [0.1, 0.15) is 43.7 Å². The van der Waals surface area contributed by atoms with E-state index in [-0.39, 0.29) is 18.7 Å². The monoisotopic (exact) mass is 310 g/mol. The number of rotatable bonds is 5. The van der Waals surface area contributed by atoms with E-state index in [1.54, 1.807) is 0 Å². The van der Waals surface area contributed by atoms with Crippen molar-refractivity contribution in [2.24, 2.45) is 29.6 Å². The molecule has 3 nitrogen and oxygen atoms in total. The van der Waals surface area contributed by atoms with Crippen molar-refractivity contribution in [3.63, 3.8) is 0 Å². The molecule has 4 bridgehead atoms. The van der Waals surface area contributed by atoms with E-state index >= 15 is 0 Å². The molecule has 1 unspecified atom stereocenters. The summed E-state index contributed by atoms with van der Waals surface area (Å²) in [5, 5.41) is 23.1. The van der Waals surface area contributed by atoms with Gasteiger partial charge in [-0.05, 0) is 67.3 Å². The van der Waals surface area contributed by atoms with Crippen LogP contribution in [0.2, 0.25) is 0 Å². The molecule has 0 radical (unpaired) electrons. The maximum absolute atomic E-state index is 9.81. The van der Waals surface area contributed by atoms with E-state index in [0.29, 0.717) is 5.92 Å². The number of aliphatic hydroxyl groups is 1. The Morgan fingerprint density at radius 3 is 2.17 bits per heavy atom. The minimum atomic E-state index is -0.141. The summed E-state index contributed by atoms with van der Waals surface area (Å²) in [6.45, 7) is 0.0372. The quantitative estimate of drug-likeness (QED) is 0.877. The average Bonchev–Trinajstić information content (AvgIpc) is 2.57. The van der Waals surface area contributed by atoms with Crippen molar-refractivity contribution in [3.8, 4) is 6.07 Å². The molecular weight excluding hydrogens is 284 g/mol. The SMILES string of the molecule is N#CC(N[C@@H](CO)c1ccccc1)C1C2CC3CC(C2)CC1C3. The first-order chi connectivity index (χ1) is 11.3. The Bertz CT molecular complexity index is 551. The molecule has 2 atom stereocenters. The summed E-state index contributed by atoms with van der Waals surface area (Å²) in [5.74, 6) is 3.77. The molecule has 4 aliphatic carbocycles. The van der Waals surface area contributed by atoms with Crippen molar-refractivity contribution in [2.75, 3.05) is 6.61 Å². The number of nitriles is 1. The molecule has 5 rings (SSSR count). The van der Waals surface area contributed by atoms with Gasteiger partial charge in [0.05, 0.1) is 24.8 Å². The van der Waals surface area contributed by atoms with Gasteiger partial charge < -0.3 is 5.11 Å². The van der Waals surface area contributed by atoms with Crippen LogP contribution >= 0.6 is 0 Å². The Morgan fingerprint density at radius 1 is 1.04 bits per heavy atom. The summed E-state index contributed by atoms with van der Waals surface area (Å²) in [4.78, 5) is 0. The lowest BCUT2D eigenvalue weighted by Crippen LogP contribution is -2.53. The fourth-order valence-electron chi connectivity index (χ4n) is 5.90. The van der Waals surface area contributed by atoms with Crippen molar-refractivity contribution in [2.45, 2.75) is 44.2 Å². The van der Waals surface area contributed by atoms with Gasteiger partial charge in [-0.1, -0.05) is 30.3 Å². The second-order valence-electron chi connectivity index (χ2n) is 7.93. The first kappa shape index (κ1) is 15.2. The van der Waals surface area contributed by atoms with Gasteiger partial charge in [0.15, 0.2) is 0 Å². The van der Waals surface area contributed by atoms with E-state index in [4.69, 9.17) is 0 Å². The maximum Gasteiger partial charge on any atom is 0.0992 e. The highest BCUT2D eigenvalue weighted by Crippen LogP contribution is 2.57. The summed E-state index contributed by atoms with van der Waals surface area (Å²) in [7, 11) is 0. The number of benzene rings is 1. The molecule has 0 spiro atoms. The Kier molecular flexibility index (Phi) is 4.13. The highest BCUT2D eigenvalue weighted by atomic mass is 16.3. The zero-order valence-corrected chi connectivity index (χ0v) is 13.6. The smallest absolute Gasteiger partial charge is 0.0992 e. The van der Waals surface area contributed by atoms with Gasteiger partial charge in [-0.3, -0.25) is 5.32 Å². The lowest BCUT2D eigenvalue weighted by molar-refractivity contribution is -0.0463. The summed E-state index contributed by atoms with van der Waals surface area (Å²) in [5.41, 5.74) is 1.07. The predicted molar refractivity (Wildman–Crippen MR) is 89.3 cm³/mol. The maximum atomic E-state index is 9.81. The van der Waals surface area contributed by atoms with Crippen LogP contribution in [0.15, 0.2) is 30.3 Å². The van der Waals surface area contributed by atoms with Gasteiger partial charge in [-0.15, -0.1) is 0 Å². The molecule has 0 amide bonds. The molecule has 0 aromatic heterocycles. The second kappa shape index (κ2) is 6.26. The number of aliphatic hydroxyl groups excluding tert-OH is 1. The van der Waals surface area contributed by atoms with Gasteiger partial charge in [-0.25, -0.2) is 0 Å². The largest absolute Gasteiger partial charge is 0.394 e. The zero-order valence-electron chi connectivity index (χ0n) is 13.6. The number of nitrogens with one attached hydrogen (secondary N) is 1. The number of nitrogens with zero attached hydrogens (tertiary/aromatic N) is 1. The van der Waals surface area contributed by atoms with Crippen LogP contribution in [0.4, 0.5) is 0 Å². The predicted octanol–water partition coefficient (Wildman–Crippen LogP) is 3.27. The van der Waals surface area contributed by atoms with E-state index in [2.05, 4.69) is 11.4 Å². The minimum Gasteiger partial charge on any atom is -0.394 e. The van der Waals surface area contributed by atoms with Gasteiger partial charge in [0.25, 0.3) is 0 Å². The normalized spacial score (nSPS) is 37.3. The highest BCUT2D eigenvalue weighted by molar-refractivity contribution is 5.20. The molecule has 4 aliphatic rings. The third kappa shape index (κ3) is 2.79. The van der Waals surface area contributed by atoms with Crippen molar-refractivity contribution in [1.82, 2.24) is 5.32 Å². The standard InChI is InChI=1S/C20H26N2O/c21-11-18(22-19(12-23)15-4-2-1-3-5-15)20-16-7-13-6-14(9-16)10-17(20)8-13/h1-5,13-14,16-20,22-23H,6-10,12H2/t13?,14?,16?,17?,18?,19-,20?/m0/s1. The van der Waals surface area contributed by atoms with Gasteiger partial charge in [0, 0.05) is 0 Å². The van der Waals surface area contributed by atoms with E-state index in [9.17, 15) is 10.4 Å². The Balaban J connectivity index is 1.51. The summed E-state index contributed by atoms with van der Waals surface area (Å²) in [6, 6.07) is 12.3. The Morgan fingerprint density at radius 2 is 1.65 bits per heavy atom.